The predicted octanol–water partition coefficient (Wildman–Crippen LogP) is 3.02. The third kappa shape index (κ3) is 3.87. The lowest BCUT2D eigenvalue weighted by molar-refractivity contribution is 0.0103. The van der Waals surface area contributed by atoms with Gasteiger partial charge in [0.1, 0.15) is 5.60 Å². The fourth-order valence-electron chi connectivity index (χ4n) is 3.73. The molecular weight excluding hydrogens is 252 g/mol. The van der Waals surface area contributed by atoms with Gasteiger partial charge < -0.3 is 15.0 Å². The van der Waals surface area contributed by atoms with Crippen molar-refractivity contribution in [3.8, 4) is 0 Å². The van der Waals surface area contributed by atoms with Crippen molar-refractivity contribution in [2.45, 2.75) is 58.5 Å². The normalized spacial score (nSPS) is 26.0. The average molecular weight is 282 g/mol. The summed E-state index contributed by atoms with van der Waals surface area (Å²) in [6, 6.07) is 0. The summed E-state index contributed by atoms with van der Waals surface area (Å²) in [5.74, 6) is 0.827. The zero-order valence-electron chi connectivity index (χ0n) is 13.5. The largest absolute Gasteiger partial charge is 0.444 e. The Morgan fingerprint density at radius 1 is 1.30 bits per heavy atom. The van der Waals surface area contributed by atoms with Gasteiger partial charge in [-0.05, 0) is 77.8 Å². The molecule has 0 unspecified atom stereocenters. The number of rotatable bonds is 2. The van der Waals surface area contributed by atoms with Crippen LogP contribution in [0.5, 0.6) is 0 Å². The van der Waals surface area contributed by atoms with Crippen molar-refractivity contribution in [2.24, 2.45) is 11.3 Å². The number of hydrogen-bond donors (Lipinski definition) is 1. The van der Waals surface area contributed by atoms with Crippen molar-refractivity contribution in [1.29, 1.82) is 0 Å². The Hall–Kier alpha value is -0.770. The molecule has 0 aromatic carbocycles. The van der Waals surface area contributed by atoms with Crippen LogP contribution in [0.4, 0.5) is 4.79 Å². The molecule has 0 aromatic rings. The Labute approximate surface area is 123 Å². The first kappa shape index (κ1) is 15.6. The molecule has 1 atom stereocenters. The molecule has 1 aliphatic heterocycles. The monoisotopic (exact) mass is 282 g/mol. The van der Waals surface area contributed by atoms with E-state index in [4.69, 9.17) is 4.74 Å². The fourth-order valence-corrected chi connectivity index (χ4v) is 3.73. The lowest BCUT2D eigenvalue weighted by Gasteiger charge is -2.40. The minimum Gasteiger partial charge on any atom is -0.444 e. The number of piperidine rings is 1. The van der Waals surface area contributed by atoms with Gasteiger partial charge in [0.2, 0.25) is 0 Å². The third-order valence-corrected chi connectivity index (χ3v) is 4.77. The van der Waals surface area contributed by atoms with E-state index in [2.05, 4.69) is 5.32 Å². The zero-order chi connectivity index (χ0) is 14.8. The molecule has 0 aromatic heterocycles. The zero-order valence-corrected chi connectivity index (χ0v) is 13.5. The Balaban J connectivity index is 1.82. The summed E-state index contributed by atoms with van der Waals surface area (Å²) in [7, 11) is 2.04. The quantitative estimate of drug-likeness (QED) is 0.846. The summed E-state index contributed by atoms with van der Waals surface area (Å²) in [5, 5.41) is 3.30. The average Bonchev–Trinajstić information content (AvgIpc) is 2.71. The molecule has 0 radical (unpaired) electrons. The van der Waals surface area contributed by atoms with E-state index >= 15 is 0 Å². The standard InChI is InChI=1S/C16H30N2O2/c1-15(2,3)20-14(19)18-9-7-16(8-10-18)6-5-13(11-16)12-17-4/h13,17H,5-12H2,1-4H3/t13-/m0/s1. The highest BCUT2D eigenvalue weighted by Crippen LogP contribution is 2.48. The number of nitrogens with zero attached hydrogens (tertiary/aromatic N) is 1. The molecule has 1 N–H and O–H groups in total. The Bertz CT molecular complexity index is 341. The van der Waals surface area contributed by atoms with Crippen LogP contribution in [0.25, 0.3) is 0 Å². The number of nitrogens with one attached hydrogen (secondary N) is 1. The highest BCUT2D eigenvalue weighted by atomic mass is 16.6. The van der Waals surface area contributed by atoms with E-state index in [0.717, 1.165) is 38.4 Å². The molecule has 4 nitrogen and oxygen atoms in total. The van der Waals surface area contributed by atoms with Gasteiger partial charge in [-0.1, -0.05) is 0 Å². The van der Waals surface area contributed by atoms with E-state index in [-0.39, 0.29) is 6.09 Å². The molecule has 1 heterocycles. The van der Waals surface area contributed by atoms with Crippen LogP contribution in [-0.4, -0.2) is 43.3 Å². The number of carbonyl (C=O) groups is 1. The van der Waals surface area contributed by atoms with Crippen LogP contribution < -0.4 is 5.32 Å². The summed E-state index contributed by atoms with van der Waals surface area (Å²) in [5.41, 5.74) is 0.109. The third-order valence-electron chi connectivity index (χ3n) is 4.77. The van der Waals surface area contributed by atoms with Crippen LogP contribution in [0.2, 0.25) is 0 Å². The number of amides is 1. The number of likely N-dealkylation sites (tertiary alicyclic amines) is 1. The van der Waals surface area contributed by atoms with Crippen molar-refractivity contribution >= 4 is 6.09 Å². The minimum atomic E-state index is -0.391. The second-order valence-corrected chi connectivity index (χ2v) is 7.63. The van der Waals surface area contributed by atoms with Gasteiger partial charge in [0.15, 0.2) is 0 Å². The van der Waals surface area contributed by atoms with Gasteiger partial charge in [-0.15, -0.1) is 0 Å². The van der Waals surface area contributed by atoms with Crippen molar-refractivity contribution in [3.05, 3.63) is 0 Å². The van der Waals surface area contributed by atoms with Crippen LogP contribution in [0.15, 0.2) is 0 Å². The van der Waals surface area contributed by atoms with Crippen LogP contribution in [0.3, 0.4) is 0 Å². The topological polar surface area (TPSA) is 41.6 Å². The van der Waals surface area contributed by atoms with Crippen molar-refractivity contribution in [1.82, 2.24) is 10.2 Å². The molecular formula is C16H30N2O2. The summed E-state index contributed by atoms with van der Waals surface area (Å²) < 4.78 is 5.46. The molecule has 4 heteroatoms. The van der Waals surface area contributed by atoms with Crippen LogP contribution >= 0.6 is 0 Å². The van der Waals surface area contributed by atoms with Gasteiger partial charge in [0, 0.05) is 13.1 Å². The van der Waals surface area contributed by atoms with E-state index in [1.165, 1.54) is 19.3 Å². The van der Waals surface area contributed by atoms with Crippen molar-refractivity contribution in [2.75, 3.05) is 26.7 Å². The first-order chi connectivity index (χ1) is 9.34. The molecule has 2 aliphatic rings. The Morgan fingerprint density at radius 2 is 1.95 bits per heavy atom. The summed E-state index contributed by atoms with van der Waals surface area (Å²) >= 11 is 0. The molecule has 1 saturated heterocycles. The van der Waals surface area contributed by atoms with Gasteiger partial charge in [0.05, 0.1) is 0 Å². The van der Waals surface area contributed by atoms with Crippen LogP contribution in [-0.2, 0) is 4.74 Å². The second kappa shape index (κ2) is 5.92. The van der Waals surface area contributed by atoms with Crippen LogP contribution in [0, 0.1) is 11.3 Å². The van der Waals surface area contributed by atoms with E-state index in [9.17, 15) is 4.79 Å². The van der Waals surface area contributed by atoms with Gasteiger partial charge in [0.25, 0.3) is 0 Å². The van der Waals surface area contributed by atoms with Gasteiger partial charge in [-0.2, -0.15) is 0 Å². The van der Waals surface area contributed by atoms with Crippen LogP contribution in [0.1, 0.15) is 52.9 Å². The molecule has 1 amide bonds. The van der Waals surface area contributed by atoms with E-state index in [1.807, 2.05) is 32.7 Å². The number of hydrogen-bond acceptors (Lipinski definition) is 3. The first-order valence-corrected chi connectivity index (χ1v) is 7.96. The lowest BCUT2D eigenvalue weighted by atomic mass is 9.76. The first-order valence-electron chi connectivity index (χ1n) is 7.96. The fraction of sp³-hybridized carbons (Fsp3) is 0.938. The maximum atomic E-state index is 12.1. The van der Waals surface area contributed by atoms with Gasteiger partial charge in [-0.3, -0.25) is 0 Å². The predicted molar refractivity (Wildman–Crippen MR) is 80.7 cm³/mol. The highest BCUT2D eigenvalue weighted by molar-refractivity contribution is 5.68. The second-order valence-electron chi connectivity index (χ2n) is 7.63. The smallest absolute Gasteiger partial charge is 0.410 e. The van der Waals surface area contributed by atoms with Gasteiger partial charge >= 0.3 is 6.09 Å². The molecule has 20 heavy (non-hydrogen) atoms. The molecule has 0 bridgehead atoms. The SMILES string of the molecule is CNC[C@H]1CCC2(CCN(C(=O)OC(C)(C)C)CC2)C1. The summed E-state index contributed by atoms with van der Waals surface area (Å²) in [4.78, 5) is 14.0. The van der Waals surface area contributed by atoms with E-state index in [1.54, 1.807) is 0 Å². The maximum Gasteiger partial charge on any atom is 0.410 e. The minimum absolute atomic E-state index is 0.142. The molecule has 2 fully saturated rings. The number of ether oxygens (including phenoxy) is 1. The Kier molecular flexibility index (Phi) is 4.62. The number of carbonyl (C=O) groups excluding carboxylic acids is 1. The van der Waals surface area contributed by atoms with Crippen molar-refractivity contribution in [3.63, 3.8) is 0 Å². The molecule has 1 aliphatic carbocycles. The molecule has 1 saturated carbocycles. The van der Waals surface area contributed by atoms with Gasteiger partial charge in [-0.25, -0.2) is 4.79 Å². The van der Waals surface area contributed by atoms with E-state index in [0.29, 0.717) is 5.41 Å². The lowest BCUT2D eigenvalue weighted by Crippen LogP contribution is -2.44. The summed E-state index contributed by atoms with van der Waals surface area (Å²) in [6.07, 6.45) is 6.15. The molecule has 2 rings (SSSR count). The van der Waals surface area contributed by atoms with E-state index < -0.39 is 5.60 Å². The highest BCUT2D eigenvalue weighted by Gasteiger charge is 2.42. The molecule has 1 spiro atoms. The Morgan fingerprint density at radius 3 is 2.50 bits per heavy atom. The molecule has 116 valence electrons. The maximum absolute atomic E-state index is 12.1. The van der Waals surface area contributed by atoms with Crippen molar-refractivity contribution < 1.29 is 9.53 Å². The summed E-state index contributed by atoms with van der Waals surface area (Å²) in [6.45, 7) is 8.64.